The first-order valence-electron chi connectivity index (χ1n) is 9.13. The summed E-state index contributed by atoms with van der Waals surface area (Å²) in [6, 6.07) is 0. The van der Waals surface area contributed by atoms with Gasteiger partial charge in [-0.2, -0.15) is 13.2 Å². The number of imidazole rings is 1. The molecular weight excluding hydrogens is 357 g/mol. The van der Waals surface area contributed by atoms with Gasteiger partial charge in [0.05, 0.1) is 5.69 Å². The molecule has 0 spiro atoms. The Morgan fingerprint density at radius 2 is 1.67 bits per heavy atom. The number of hydrogen-bond acceptors (Lipinski definition) is 5. The SMILES string of the molecule is CCc1nc(CN2CCN(c3nc(C(F)(F)F)nc(C)c3C)CC2)c(C)[nH]1. The standard InChI is InChI=1S/C18H25F3N6/c1-5-15-22-13(4)14(24-15)10-26-6-8-27(9-7-26)16-11(2)12(3)23-17(25-16)18(19,20)21/h5-10H2,1-4H3,(H,22,24). The molecule has 2 aromatic heterocycles. The molecule has 0 bridgehead atoms. The largest absolute Gasteiger partial charge is 0.451 e. The minimum Gasteiger partial charge on any atom is -0.354 e. The van der Waals surface area contributed by atoms with E-state index in [1.165, 1.54) is 0 Å². The van der Waals surface area contributed by atoms with Crippen LogP contribution in [0.1, 0.15) is 41.2 Å². The third kappa shape index (κ3) is 4.23. The molecule has 3 heterocycles. The average molecular weight is 382 g/mol. The highest BCUT2D eigenvalue weighted by Gasteiger charge is 2.36. The lowest BCUT2D eigenvalue weighted by molar-refractivity contribution is -0.145. The summed E-state index contributed by atoms with van der Waals surface area (Å²) in [5.41, 5.74) is 3.18. The van der Waals surface area contributed by atoms with Crippen LogP contribution in [-0.2, 0) is 19.1 Å². The van der Waals surface area contributed by atoms with Crippen LogP contribution in [0.4, 0.5) is 19.0 Å². The minimum absolute atomic E-state index is 0.369. The number of hydrogen-bond donors (Lipinski definition) is 1. The summed E-state index contributed by atoms with van der Waals surface area (Å²) in [6.07, 6.45) is -3.67. The van der Waals surface area contributed by atoms with E-state index in [1.54, 1.807) is 13.8 Å². The quantitative estimate of drug-likeness (QED) is 0.881. The number of nitrogens with one attached hydrogen (secondary N) is 1. The molecule has 1 N–H and O–H groups in total. The molecule has 6 nitrogen and oxygen atoms in total. The number of piperazine rings is 1. The van der Waals surface area contributed by atoms with Gasteiger partial charge in [-0.15, -0.1) is 0 Å². The Morgan fingerprint density at radius 1 is 1.00 bits per heavy atom. The Hall–Kier alpha value is -2.16. The lowest BCUT2D eigenvalue weighted by Crippen LogP contribution is -2.46. The number of aryl methyl sites for hydroxylation is 3. The van der Waals surface area contributed by atoms with E-state index in [1.807, 2.05) is 11.8 Å². The fourth-order valence-corrected chi connectivity index (χ4v) is 3.26. The molecule has 0 unspecified atom stereocenters. The van der Waals surface area contributed by atoms with E-state index in [4.69, 9.17) is 0 Å². The third-order valence-corrected chi connectivity index (χ3v) is 5.03. The van der Waals surface area contributed by atoms with E-state index in [9.17, 15) is 13.2 Å². The van der Waals surface area contributed by atoms with Crippen LogP contribution in [0.5, 0.6) is 0 Å². The van der Waals surface area contributed by atoms with Crippen LogP contribution in [0, 0.1) is 20.8 Å². The molecule has 0 atom stereocenters. The molecule has 1 saturated heterocycles. The Kier molecular flexibility index (Phi) is 5.41. The maximum absolute atomic E-state index is 13.1. The summed E-state index contributed by atoms with van der Waals surface area (Å²) in [6.45, 7) is 10.9. The second-order valence-electron chi connectivity index (χ2n) is 6.95. The number of aromatic amines is 1. The molecule has 27 heavy (non-hydrogen) atoms. The normalized spacial score (nSPS) is 16.2. The second kappa shape index (κ2) is 7.46. The van der Waals surface area contributed by atoms with Crippen molar-refractivity contribution in [2.24, 2.45) is 0 Å². The van der Waals surface area contributed by atoms with Crippen LogP contribution in [0.2, 0.25) is 0 Å². The highest BCUT2D eigenvalue weighted by molar-refractivity contribution is 5.49. The zero-order chi connectivity index (χ0) is 19.8. The Morgan fingerprint density at radius 3 is 2.22 bits per heavy atom. The summed E-state index contributed by atoms with van der Waals surface area (Å²) in [4.78, 5) is 19.5. The van der Waals surface area contributed by atoms with Crippen molar-refractivity contribution in [1.29, 1.82) is 0 Å². The predicted molar refractivity (Wildman–Crippen MR) is 96.7 cm³/mol. The Labute approximate surface area is 156 Å². The molecular formula is C18H25F3N6. The smallest absolute Gasteiger partial charge is 0.354 e. The third-order valence-electron chi connectivity index (χ3n) is 5.03. The van der Waals surface area contributed by atoms with Gasteiger partial charge in [-0.25, -0.2) is 15.0 Å². The van der Waals surface area contributed by atoms with E-state index in [2.05, 4.69) is 31.8 Å². The molecule has 3 rings (SSSR count). The molecule has 1 aliphatic rings. The van der Waals surface area contributed by atoms with Crippen molar-refractivity contribution < 1.29 is 13.2 Å². The van der Waals surface area contributed by atoms with Gasteiger partial charge in [-0.05, 0) is 20.8 Å². The van der Waals surface area contributed by atoms with E-state index < -0.39 is 12.0 Å². The lowest BCUT2D eigenvalue weighted by Gasteiger charge is -2.36. The number of rotatable bonds is 4. The average Bonchev–Trinajstić information content (AvgIpc) is 2.97. The zero-order valence-electron chi connectivity index (χ0n) is 16.1. The molecule has 2 aromatic rings. The van der Waals surface area contributed by atoms with Gasteiger partial charge in [0.2, 0.25) is 5.82 Å². The highest BCUT2D eigenvalue weighted by Crippen LogP contribution is 2.30. The van der Waals surface area contributed by atoms with Gasteiger partial charge in [0.25, 0.3) is 0 Å². The fraction of sp³-hybridized carbons (Fsp3) is 0.611. The summed E-state index contributed by atoms with van der Waals surface area (Å²) >= 11 is 0. The first kappa shape index (κ1) is 19.6. The molecule has 0 radical (unpaired) electrons. The molecule has 0 amide bonds. The van der Waals surface area contributed by atoms with Crippen molar-refractivity contribution >= 4 is 5.82 Å². The maximum Gasteiger partial charge on any atom is 0.451 e. The topological polar surface area (TPSA) is 60.9 Å². The molecule has 148 valence electrons. The van der Waals surface area contributed by atoms with Crippen molar-refractivity contribution in [2.45, 2.75) is 46.8 Å². The van der Waals surface area contributed by atoms with Crippen LogP contribution in [0.25, 0.3) is 0 Å². The first-order chi connectivity index (χ1) is 12.7. The summed E-state index contributed by atoms with van der Waals surface area (Å²) in [7, 11) is 0. The van der Waals surface area contributed by atoms with Crippen LogP contribution in [-0.4, -0.2) is 51.0 Å². The predicted octanol–water partition coefficient (Wildman–Crippen LogP) is 3.03. The van der Waals surface area contributed by atoms with Gasteiger partial charge in [-0.1, -0.05) is 6.92 Å². The fourth-order valence-electron chi connectivity index (χ4n) is 3.26. The number of halogens is 3. The number of alkyl halides is 3. The van der Waals surface area contributed by atoms with Gasteiger partial charge in [0.15, 0.2) is 0 Å². The van der Waals surface area contributed by atoms with Gasteiger partial charge < -0.3 is 9.88 Å². The van der Waals surface area contributed by atoms with Gasteiger partial charge in [0.1, 0.15) is 11.6 Å². The summed E-state index contributed by atoms with van der Waals surface area (Å²) in [5.74, 6) is 0.300. The van der Waals surface area contributed by atoms with Crippen molar-refractivity contribution in [2.75, 3.05) is 31.1 Å². The lowest BCUT2D eigenvalue weighted by atomic mass is 10.2. The zero-order valence-corrected chi connectivity index (χ0v) is 16.1. The Bertz CT molecular complexity index is 806. The number of nitrogens with zero attached hydrogens (tertiary/aromatic N) is 5. The molecule has 9 heteroatoms. The van der Waals surface area contributed by atoms with Gasteiger partial charge >= 0.3 is 6.18 Å². The number of anilines is 1. The van der Waals surface area contributed by atoms with Gasteiger partial charge in [-0.3, -0.25) is 4.90 Å². The van der Waals surface area contributed by atoms with Crippen LogP contribution in [0.3, 0.4) is 0 Å². The number of H-pyrrole nitrogens is 1. The van der Waals surface area contributed by atoms with Crippen LogP contribution >= 0.6 is 0 Å². The molecule has 0 saturated carbocycles. The van der Waals surface area contributed by atoms with E-state index in [0.717, 1.165) is 43.3 Å². The van der Waals surface area contributed by atoms with Crippen LogP contribution < -0.4 is 4.90 Å². The Balaban J connectivity index is 1.70. The molecule has 1 fully saturated rings. The summed E-state index contributed by atoms with van der Waals surface area (Å²) in [5, 5.41) is 0. The minimum atomic E-state index is -4.54. The molecule has 0 aromatic carbocycles. The number of aromatic nitrogens is 4. The first-order valence-corrected chi connectivity index (χ1v) is 9.13. The van der Waals surface area contributed by atoms with E-state index >= 15 is 0 Å². The van der Waals surface area contributed by atoms with Crippen molar-refractivity contribution in [1.82, 2.24) is 24.8 Å². The van der Waals surface area contributed by atoms with E-state index in [0.29, 0.717) is 30.2 Å². The monoisotopic (exact) mass is 382 g/mol. The van der Waals surface area contributed by atoms with Crippen molar-refractivity contribution in [3.8, 4) is 0 Å². The second-order valence-corrected chi connectivity index (χ2v) is 6.95. The highest BCUT2D eigenvalue weighted by atomic mass is 19.4. The van der Waals surface area contributed by atoms with Crippen LogP contribution in [0.15, 0.2) is 0 Å². The summed E-state index contributed by atoms with van der Waals surface area (Å²) < 4.78 is 39.2. The molecule has 0 aliphatic carbocycles. The van der Waals surface area contributed by atoms with Crippen molar-refractivity contribution in [3.05, 3.63) is 34.3 Å². The van der Waals surface area contributed by atoms with E-state index in [-0.39, 0.29) is 0 Å². The van der Waals surface area contributed by atoms with Crippen molar-refractivity contribution in [3.63, 3.8) is 0 Å². The molecule has 1 aliphatic heterocycles. The maximum atomic E-state index is 13.1. The van der Waals surface area contributed by atoms with Gasteiger partial charge in [0, 0.05) is 56.1 Å².